The lowest BCUT2D eigenvalue weighted by atomic mass is 9.33. The molecule has 3 aliphatic heterocycles. The highest BCUT2D eigenvalue weighted by molar-refractivity contribution is 7.00. The zero-order valence-electron chi connectivity index (χ0n) is 46.5. The second-order valence-corrected chi connectivity index (χ2v) is 25.2. The molecule has 2 unspecified atom stereocenters. The Bertz CT molecular complexity index is 3390. The zero-order chi connectivity index (χ0) is 52.7. The van der Waals surface area contributed by atoms with Crippen LogP contribution in [0, 0.1) is 12.3 Å². The van der Waals surface area contributed by atoms with Gasteiger partial charge in [0.05, 0.1) is 18.9 Å². The summed E-state index contributed by atoms with van der Waals surface area (Å²) in [6.07, 6.45) is 12.4. The van der Waals surface area contributed by atoms with E-state index in [1.165, 1.54) is 72.4 Å². The molecular weight excluding hydrogens is 926 g/mol. The summed E-state index contributed by atoms with van der Waals surface area (Å²) in [5.41, 5.74) is 23.2. The largest absolute Gasteiger partial charge is 0.489 e. The summed E-state index contributed by atoms with van der Waals surface area (Å²) in [6.45, 7) is 24.3. The Morgan fingerprint density at radius 3 is 1.83 bits per heavy atom. The van der Waals surface area contributed by atoms with Crippen molar-refractivity contribution in [2.75, 3.05) is 27.9 Å². The molecule has 2 aliphatic carbocycles. The molecule has 7 aromatic carbocycles. The first kappa shape index (κ1) is 49.7. The highest BCUT2D eigenvalue weighted by Crippen LogP contribution is 2.52. The first-order chi connectivity index (χ1) is 36.5. The Labute approximate surface area is 453 Å². The molecule has 0 amide bonds. The molecule has 0 fully saturated rings. The van der Waals surface area contributed by atoms with Gasteiger partial charge in [-0.15, -0.1) is 0 Å². The summed E-state index contributed by atoms with van der Waals surface area (Å²) in [6, 6.07) is 57.6. The molecule has 3 heterocycles. The van der Waals surface area contributed by atoms with Crippen molar-refractivity contribution >= 4 is 68.6 Å². The van der Waals surface area contributed by atoms with Crippen LogP contribution in [0.15, 0.2) is 187 Å². The highest BCUT2D eigenvalue weighted by Gasteiger charge is 2.47. The van der Waals surface area contributed by atoms with Crippen LogP contribution < -0.4 is 40.6 Å². The van der Waals surface area contributed by atoms with E-state index in [1.807, 2.05) is 0 Å². The third-order valence-electron chi connectivity index (χ3n) is 16.9. The van der Waals surface area contributed by atoms with Crippen molar-refractivity contribution in [3.8, 4) is 11.5 Å². The van der Waals surface area contributed by atoms with Gasteiger partial charge in [0.25, 0.3) is 6.71 Å². The minimum Gasteiger partial charge on any atom is -0.489 e. The first-order valence-corrected chi connectivity index (χ1v) is 28.0. The van der Waals surface area contributed by atoms with Gasteiger partial charge in [0.2, 0.25) is 0 Å². The van der Waals surface area contributed by atoms with Crippen LogP contribution in [-0.4, -0.2) is 26.0 Å². The van der Waals surface area contributed by atoms with Crippen molar-refractivity contribution in [1.29, 1.82) is 0 Å². The Balaban J connectivity index is 1.11. The molecule has 0 aromatic heterocycles. The van der Waals surface area contributed by atoms with Crippen LogP contribution >= 0.6 is 0 Å². The number of rotatable bonds is 7. The Morgan fingerprint density at radius 1 is 0.566 bits per heavy atom. The number of allylic oxidation sites excluding steroid dienone is 5. The topological polar surface area (TPSA) is 28.2 Å². The quantitative estimate of drug-likeness (QED) is 0.148. The Kier molecular flexibility index (Phi) is 12.5. The van der Waals surface area contributed by atoms with Crippen LogP contribution in [0.1, 0.15) is 123 Å². The smallest absolute Gasteiger partial charge is 0.252 e. The second-order valence-electron chi connectivity index (χ2n) is 25.2. The van der Waals surface area contributed by atoms with Gasteiger partial charge in [-0.05, 0) is 165 Å². The molecular formula is C70H74BN3O2. The second kappa shape index (κ2) is 19.1. The fraction of sp³-hybridized carbons (Fsp3) is 0.314. The van der Waals surface area contributed by atoms with Gasteiger partial charge < -0.3 is 24.2 Å². The van der Waals surface area contributed by atoms with E-state index in [4.69, 9.17) is 9.47 Å². The standard InChI is InChI=1S/C70H74BN3O2/c1-46-40-62-65-63(41-46)74(56-32-30-53(31-33-56)70(8,9)10)66-60(36-37-64-67(66)76-39-17-38-75-64)71(65)59-35-34-57(72(54-18-13-11-14-19-54)55-20-15-12-16-21-55)45-61(59)73(62)58-43-49(47-22-26-51(27-23-47)68(2,3)4)42-50(44-58)48-24-28-52(29-25-48)69(5,6)7/h11-16,18-24,26-28,30-37,40-42,45,49,58H,17,25,29,38-39,43-44H2,1-10H3. The predicted molar refractivity (Wildman–Crippen MR) is 322 cm³/mol. The van der Waals surface area contributed by atoms with E-state index in [2.05, 4.69) is 254 Å². The van der Waals surface area contributed by atoms with E-state index < -0.39 is 0 Å². The summed E-state index contributed by atoms with van der Waals surface area (Å²) in [5, 5.41) is 0. The van der Waals surface area contributed by atoms with Gasteiger partial charge in [0.1, 0.15) is 0 Å². The van der Waals surface area contributed by atoms with Crippen LogP contribution in [0.5, 0.6) is 11.5 Å². The maximum Gasteiger partial charge on any atom is 0.252 e. The highest BCUT2D eigenvalue weighted by atomic mass is 16.5. The maximum atomic E-state index is 6.89. The number of hydrogen-bond donors (Lipinski definition) is 0. The molecule has 12 rings (SSSR count). The fourth-order valence-electron chi connectivity index (χ4n) is 12.8. The third kappa shape index (κ3) is 9.05. The summed E-state index contributed by atoms with van der Waals surface area (Å²) in [4.78, 5) is 7.75. The number of para-hydroxylation sites is 2. The number of nitrogens with zero attached hydrogens (tertiary/aromatic N) is 3. The lowest BCUT2D eigenvalue weighted by Gasteiger charge is -2.48. The summed E-state index contributed by atoms with van der Waals surface area (Å²) >= 11 is 0. The van der Waals surface area contributed by atoms with E-state index in [9.17, 15) is 0 Å². The van der Waals surface area contributed by atoms with Gasteiger partial charge in [-0.3, -0.25) is 0 Å². The molecule has 6 heteroatoms. The minimum atomic E-state index is -0.0774. The summed E-state index contributed by atoms with van der Waals surface area (Å²) < 4.78 is 13.4. The van der Waals surface area contributed by atoms with Gasteiger partial charge in [-0.25, -0.2) is 0 Å². The first-order valence-electron chi connectivity index (χ1n) is 28.0. The van der Waals surface area contributed by atoms with E-state index in [-0.39, 0.29) is 34.9 Å². The van der Waals surface area contributed by atoms with Crippen LogP contribution in [-0.2, 0) is 10.8 Å². The molecule has 0 radical (unpaired) electrons. The van der Waals surface area contributed by atoms with Crippen molar-refractivity contribution in [2.24, 2.45) is 5.41 Å². The van der Waals surface area contributed by atoms with Crippen molar-refractivity contribution in [3.05, 3.63) is 209 Å². The van der Waals surface area contributed by atoms with E-state index >= 15 is 0 Å². The third-order valence-corrected chi connectivity index (χ3v) is 16.9. The average molecular weight is 1000 g/mol. The summed E-state index contributed by atoms with van der Waals surface area (Å²) in [7, 11) is 0. The normalized spacial score (nSPS) is 18.1. The SMILES string of the molecule is Cc1cc2c3c(c1)N(C1CC(C4=CC=C(C(C)(C)C)CC4)=CC(c4ccc(C(C)(C)C)cc4)C1)c1cc(N(c4ccccc4)c4ccccc4)ccc1B3c1ccc3c(c1N2c1ccc(C(C)(C)C)cc1)OCCCO3. The van der Waals surface area contributed by atoms with Gasteiger partial charge >= 0.3 is 0 Å². The number of hydrogen-bond acceptors (Lipinski definition) is 5. The zero-order valence-corrected chi connectivity index (χ0v) is 46.5. The molecule has 0 bridgehead atoms. The molecule has 7 aromatic rings. The van der Waals surface area contributed by atoms with Gasteiger partial charge in [0.15, 0.2) is 11.5 Å². The predicted octanol–water partition coefficient (Wildman–Crippen LogP) is 16.5. The molecule has 0 saturated carbocycles. The van der Waals surface area contributed by atoms with Gasteiger partial charge in [0, 0.05) is 58.2 Å². The number of fused-ring (bicyclic) bond motifs is 6. The number of anilines is 8. The number of aryl methyl sites for hydroxylation is 1. The minimum absolute atomic E-state index is 0.0122. The molecule has 0 saturated heterocycles. The van der Waals surface area contributed by atoms with Crippen LogP contribution in [0.3, 0.4) is 0 Å². The fourth-order valence-corrected chi connectivity index (χ4v) is 12.8. The lowest BCUT2D eigenvalue weighted by molar-refractivity contribution is 0.297. The molecule has 5 aliphatic rings. The van der Waals surface area contributed by atoms with Crippen molar-refractivity contribution in [2.45, 2.75) is 124 Å². The molecule has 76 heavy (non-hydrogen) atoms. The average Bonchev–Trinajstić information content (AvgIpc) is 3.81. The molecule has 5 nitrogen and oxygen atoms in total. The van der Waals surface area contributed by atoms with Gasteiger partial charge in [-0.2, -0.15) is 0 Å². The lowest BCUT2D eigenvalue weighted by Crippen LogP contribution is -2.63. The molecule has 2 atom stereocenters. The Morgan fingerprint density at radius 2 is 1.20 bits per heavy atom. The molecule has 384 valence electrons. The van der Waals surface area contributed by atoms with Crippen LogP contribution in [0.2, 0.25) is 0 Å². The number of benzene rings is 7. The summed E-state index contributed by atoms with van der Waals surface area (Å²) in [5.74, 6) is 1.86. The van der Waals surface area contributed by atoms with E-state index in [0.717, 1.165) is 72.0 Å². The van der Waals surface area contributed by atoms with Crippen molar-refractivity contribution in [1.82, 2.24) is 0 Å². The molecule has 0 N–H and O–H groups in total. The van der Waals surface area contributed by atoms with E-state index in [0.29, 0.717) is 13.2 Å². The van der Waals surface area contributed by atoms with E-state index in [1.54, 1.807) is 0 Å². The number of ether oxygens (including phenoxy) is 2. The van der Waals surface area contributed by atoms with Crippen molar-refractivity contribution < 1.29 is 9.47 Å². The Hall–Kier alpha value is -7.18. The molecule has 0 spiro atoms. The van der Waals surface area contributed by atoms with Crippen LogP contribution in [0.4, 0.5) is 45.5 Å². The van der Waals surface area contributed by atoms with Crippen molar-refractivity contribution in [3.63, 3.8) is 0 Å². The maximum absolute atomic E-state index is 6.89. The van der Waals surface area contributed by atoms with Crippen LogP contribution in [0.25, 0.3) is 0 Å². The monoisotopic (exact) mass is 1000 g/mol. The van der Waals surface area contributed by atoms with Gasteiger partial charge in [-0.1, -0.05) is 171 Å².